The molecular weight excluding hydrogens is 379 g/mol. The van der Waals surface area contributed by atoms with Gasteiger partial charge < -0.3 is 15.1 Å². The highest BCUT2D eigenvalue weighted by Gasteiger charge is 2.09. The molecule has 0 aliphatic heterocycles. The van der Waals surface area contributed by atoms with Crippen LogP contribution in [0, 0.1) is 5.82 Å². The van der Waals surface area contributed by atoms with Gasteiger partial charge in [0.15, 0.2) is 5.76 Å². The third-order valence-corrected chi connectivity index (χ3v) is 4.92. The number of hydrogen-bond donors (Lipinski definition) is 2. The topological polar surface area (TPSA) is 71.3 Å². The van der Waals surface area contributed by atoms with E-state index in [0.29, 0.717) is 29.3 Å². The molecule has 144 valence electrons. The Balaban J connectivity index is 1.40. The van der Waals surface area contributed by atoms with Gasteiger partial charge in [-0.05, 0) is 42.0 Å². The molecule has 0 atom stereocenters. The number of benzene rings is 2. The number of thioether (sulfide) groups is 1. The fourth-order valence-electron chi connectivity index (χ4n) is 2.41. The Hall–Kier alpha value is -3.06. The molecule has 0 aliphatic carbocycles. The summed E-state index contributed by atoms with van der Waals surface area (Å²) < 4.78 is 18.6. The van der Waals surface area contributed by atoms with Crippen molar-refractivity contribution in [2.45, 2.75) is 17.9 Å². The Kier molecular flexibility index (Phi) is 6.86. The molecule has 3 aromatic rings. The molecule has 28 heavy (non-hydrogen) atoms. The Morgan fingerprint density at radius 1 is 1.00 bits per heavy atom. The summed E-state index contributed by atoms with van der Waals surface area (Å²) in [6, 6.07) is 16.9. The Labute approximate surface area is 166 Å². The van der Waals surface area contributed by atoms with Gasteiger partial charge in [0.05, 0.1) is 6.26 Å². The van der Waals surface area contributed by atoms with E-state index in [0.717, 1.165) is 5.56 Å². The lowest BCUT2D eigenvalue weighted by Crippen LogP contribution is -2.23. The van der Waals surface area contributed by atoms with Crippen LogP contribution in [0.4, 0.5) is 10.1 Å². The van der Waals surface area contributed by atoms with Crippen molar-refractivity contribution in [3.63, 3.8) is 0 Å². The van der Waals surface area contributed by atoms with E-state index in [-0.39, 0.29) is 23.4 Å². The predicted molar refractivity (Wildman–Crippen MR) is 107 cm³/mol. The van der Waals surface area contributed by atoms with E-state index in [1.165, 1.54) is 24.1 Å². The number of carbonyl (C=O) groups is 2. The standard InChI is InChI=1S/C21H19FN2O3S/c22-17-4-1-2-6-19(17)28-13-11-20(25)23-14-15-7-9-16(10-8-15)24-21(26)18-5-3-12-27-18/h1-10,12H,11,13-14H2,(H,23,25)(H,24,26). The summed E-state index contributed by atoms with van der Waals surface area (Å²) >= 11 is 1.32. The fourth-order valence-corrected chi connectivity index (χ4v) is 3.30. The summed E-state index contributed by atoms with van der Waals surface area (Å²) in [5.74, 6) is 0.0546. The first-order valence-corrected chi connectivity index (χ1v) is 9.68. The summed E-state index contributed by atoms with van der Waals surface area (Å²) in [7, 11) is 0. The van der Waals surface area contributed by atoms with E-state index in [4.69, 9.17) is 4.42 Å². The first-order chi connectivity index (χ1) is 13.6. The summed E-state index contributed by atoms with van der Waals surface area (Å²) in [6.07, 6.45) is 1.74. The normalized spacial score (nSPS) is 10.5. The van der Waals surface area contributed by atoms with Gasteiger partial charge in [-0.15, -0.1) is 11.8 Å². The zero-order chi connectivity index (χ0) is 19.8. The second-order valence-electron chi connectivity index (χ2n) is 5.93. The van der Waals surface area contributed by atoms with Crippen molar-refractivity contribution in [2.24, 2.45) is 0 Å². The number of carbonyl (C=O) groups excluding carboxylic acids is 2. The maximum absolute atomic E-state index is 13.5. The molecule has 0 bridgehead atoms. The number of halogens is 1. The van der Waals surface area contributed by atoms with Crippen LogP contribution in [-0.4, -0.2) is 17.6 Å². The average Bonchev–Trinajstić information content (AvgIpc) is 3.24. The van der Waals surface area contributed by atoms with Crippen LogP contribution in [0.3, 0.4) is 0 Å². The van der Waals surface area contributed by atoms with Gasteiger partial charge in [-0.1, -0.05) is 24.3 Å². The summed E-state index contributed by atoms with van der Waals surface area (Å²) in [5, 5.41) is 5.57. The van der Waals surface area contributed by atoms with Gasteiger partial charge in [-0.3, -0.25) is 9.59 Å². The highest BCUT2D eigenvalue weighted by atomic mass is 32.2. The van der Waals surface area contributed by atoms with Crippen LogP contribution in [-0.2, 0) is 11.3 Å². The third kappa shape index (κ3) is 5.72. The highest BCUT2D eigenvalue weighted by Crippen LogP contribution is 2.21. The minimum atomic E-state index is -0.321. The predicted octanol–water partition coefficient (Wildman–Crippen LogP) is 4.47. The minimum absolute atomic E-state index is 0.0981. The first-order valence-electron chi connectivity index (χ1n) is 8.69. The average molecular weight is 398 g/mol. The molecule has 7 heteroatoms. The number of furan rings is 1. The van der Waals surface area contributed by atoms with Crippen molar-refractivity contribution < 1.29 is 18.4 Å². The van der Waals surface area contributed by atoms with Crippen molar-refractivity contribution in [2.75, 3.05) is 11.1 Å². The van der Waals surface area contributed by atoms with Crippen LogP contribution in [0.2, 0.25) is 0 Å². The lowest BCUT2D eigenvalue weighted by molar-refractivity contribution is -0.120. The van der Waals surface area contributed by atoms with Crippen molar-refractivity contribution in [3.05, 3.63) is 84.1 Å². The van der Waals surface area contributed by atoms with E-state index in [1.54, 1.807) is 42.5 Å². The van der Waals surface area contributed by atoms with E-state index in [1.807, 2.05) is 12.1 Å². The second kappa shape index (κ2) is 9.75. The molecule has 0 unspecified atom stereocenters. The van der Waals surface area contributed by atoms with Crippen LogP contribution in [0.25, 0.3) is 0 Å². The van der Waals surface area contributed by atoms with Crippen molar-refractivity contribution in [3.8, 4) is 0 Å². The van der Waals surface area contributed by atoms with Crippen LogP contribution < -0.4 is 10.6 Å². The van der Waals surface area contributed by atoms with Crippen molar-refractivity contribution in [1.82, 2.24) is 5.32 Å². The van der Waals surface area contributed by atoms with Gasteiger partial charge in [0.25, 0.3) is 5.91 Å². The van der Waals surface area contributed by atoms with Crippen LogP contribution >= 0.6 is 11.8 Å². The van der Waals surface area contributed by atoms with Gasteiger partial charge >= 0.3 is 0 Å². The van der Waals surface area contributed by atoms with Gasteiger partial charge in [0.2, 0.25) is 5.91 Å². The SMILES string of the molecule is O=C(CCSc1ccccc1F)NCc1ccc(NC(=O)c2ccco2)cc1. The molecule has 0 spiro atoms. The van der Waals surface area contributed by atoms with Gasteiger partial charge in [-0.25, -0.2) is 4.39 Å². The molecule has 5 nitrogen and oxygen atoms in total. The van der Waals surface area contributed by atoms with Crippen molar-refractivity contribution in [1.29, 1.82) is 0 Å². The van der Waals surface area contributed by atoms with Crippen LogP contribution in [0.1, 0.15) is 22.5 Å². The van der Waals surface area contributed by atoms with Gasteiger partial charge in [0, 0.05) is 29.3 Å². The Morgan fingerprint density at radius 2 is 1.79 bits per heavy atom. The molecule has 0 aliphatic rings. The number of hydrogen-bond acceptors (Lipinski definition) is 4. The number of amides is 2. The Morgan fingerprint density at radius 3 is 2.50 bits per heavy atom. The fraction of sp³-hybridized carbons (Fsp3) is 0.143. The molecule has 0 radical (unpaired) electrons. The molecule has 2 amide bonds. The molecular formula is C21H19FN2O3S. The Bertz CT molecular complexity index is 927. The van der Waals surface area contributed by atoms with Gasteiger partial charge in [-0.2, -0.15) is 0 Å². The highest BCUT2D eigenvalue weighted by molar-refractivity contribution is 7.99. The van der Waals surface area contributed by atoms with Crippen LogP contribution in [0.15, 0.2) is 76.2 Å². The van der Waals surface area contributed by atoms with Crippen LogP contribution in [0.5, 0.6) is 0 Å². The summed E-state index contributed by atoms with van der Waals surface area (Å²) in [4.78, 5) is 24.4. The van der Waals surface area contributed by atoms with E-state index in [9.17, 15) is 14.0 Å². The number of anilines is 1. The molecule has 0 saturated heterocycles. The number of rotatable bonds is 8. The molecule has 1 aromatic heterocycles. The summed E-state index contributed by atoms with van der Waals surface area (Å²) in [5.41, 5.74) is 1.55. The van der Waals surface area contributed by atoms with Crippen molar-refractivity contribution >= 4 is 29.3 Å². The number of nitrogens with one attached hydrogen (secondary N) is 2. The van der Waals surface area contributed by atoms with E-state index in [2.05, 4.69) is 10.6 Å². The molecule has 3 rings (SSSR count). The molecule has 2 aromatic carbocycles. The zero-order valence-corrected chi connectivity index (χ0v) is 15.8. The molecule has 1 heterocycles. The molecule has 2 N–H and O–H groups in total. The van der Waals surface area contributed by atoms with E-state index < -0.39 is 0 Å². The molecule has 0 saturated carbocycles. The largest absolute Gasteiger partial charge is 0.459 e. The smallest absolute Gasteiger partial charge is 0.291 e. The lowest BCUT2D eigenvalue weighted by Gasteiger charge is -2.07. The zero-order valence-electron chi connectivity index (χ0n) is 15.0. The maximum Gasteiger partial charge on any atom is 0.291 e. The third-order valence-electron chi connectivity index (χ3n) is 3.87. The maximum atomic E-state index is 13.5. The summed E-state index contributed by atoms with van der Waals surface area (Å²) in [6.45, 7) is 0.385. The second-order valence-corrected chi connectivity index (χ2v) is 7.07. The molecule has 0 fully saturated rings. The van der Waals surface area contributed by atoms with Gasteiger partial charge in [0.1, 0.15) is 5.82 Å². The van der Waals surface area contributed by atoms with E-state index >= 15 is 0 Å². The lowest BCUT2D eigenvalue weighted by atomic mass is 10.2. The monoisotopic (exact) mass is 398 g/mol. The minimum Gasteiger partial charge on any atom is -0.459 e. The quantitative estimate of drug-likeness (QED) is 0.549. The first kappa shape index (κ1) is 19.7.